The van der Waals surface area contributed by atoms with E-state index in [9.17, 15) is 0 Å². The van der Waals surface area contributed by atoms with Gasteiger partial charge in [-0.1, -0.05) is 0 Å². The maximum atomic E-state index is 5.45. The molecule has 0 saturated heterocycles. The molecule has 2 aromatic heterocycles. The number of nitrogens with two attached hydrogens (primary N) is 1. The van der Waals surface area contributed by atoms with Gasteiger partial charge in [-0.2, -0.15) is 5.10 Å². The van der Waals surface area contributed by atoms with Gasteiger partial charge in [0.2, 0.25) is 0 Å². The second-order valence-electron chi connectivity index (χ2n) is 2.50. The zero-order valence-electron chi connectivity index (χ0n) is 6.96. The van der Waals surface area contributed by atoms with E-state index >= 15 is 0 Å². The van der Waals surface area contributed by atoms with Crippen LogP contribution in [0.4, 0.5) is 0 Å². The average Bonchev–Trinajstić information content (AvgIpc) is 2.71. The number of rotatable bonds is 2. The maximum absolute atomic E-state index is 5.45. The fourth-order valence-electron chi connectivity index (χ4n) is 0.996. The Bertz CT molecular complexity index is 381. The fourth-order valence-corrected chi connectivity index (χ4v) is 0.996. The van der Waals surface area contributed by atoms with Gasteiger partial charge < -0.3 is 5.73 Å². The smallest absolute Gasteiger partial charge is 0.250 e. The van der Waals surface area contributed by atoms with E-state index in [0.29, 0.717) is 12.5 Å². The van der Waals surface area contributed by atoms with E-state index in [1.807, 2.05) is 6.07 Å². The number of hydrogen-bond acceptors (Lipinski definition) is 4. The quantitative estimate of drug-likeness (QED) is 0.703. The molecule has 0 amide bonds. The van der Waals surface area contributed by atoms with Crippen LogP contribution >= 0.6 is 0 Å². The summed E-state index contributed by atoms with van der Waals surface area (Å²) in [5.74, 6) is 0.549. The van der Waals surface area contributed by atoms with Crippen molar-refractivity contribution in [3.8, 4) is 5.95 Å². The highest BCUT2D eigenvalue weighted by molar-refractivity contribution is 5.12. The highest BCUT2D eigenvalue weighted by Crippen LogP contribution is 1.99. The third-order valence-electron chi connectivity index (χ3n) is 1.62. The standard InChI is InChI=1S/C8H9N5/c9-6-7-2-4-10-8(12-7)13-5-1-3-11-13/h1-5H,6,9H2. The fraction of sp³-hybridized carbons (Fsp3) is 0.125. The zero-order valence-corrected chi connectivity index (χ0v) is 6.96. The monoisotopic (exact) mass is 175 g/mol. The van der Waals surface area contributed by atoms with Gasteiger partial charge in [0.1, 0.15) is 0 Å². The lowest BCUT2D eigenvalue weighted by molar-refractivity contribution is 0.790. The van der Waals surface area contributed by atoms with Gasteiger partial charge in [0.15, 0.2) is 0 Å². The summed E-state index contributed by atoms with van der Waals surface area (Å²) in [6.07, 6.45) is 5.14. The summed E-state index contributed by atoms with van der Waals surface area (Å²) >= 11 is 0. The predicted octanol–water partition coefficient (Wildman–Crippen LogP) is 0.121. The molecular weight excluding hydrogens is 166 g/mol. The van der Waals surface area contributed by atoms with E-state index in [-0.39, 0.29) is 0 Å². The molecule has 0 spiro atoms. The third kappa shape index (κ3) is 1.54. The van der Waals surface area contributed by atoms with Crippen molar-refractivity contribution in [2.45, 2.75) is 6.54 Å². The zero-order chi connectivity index (χ0) is 9.10. The van der Waals surface area contributed by atoms with Gasteiger partial charge in [-0.3, -0.25) is 0 Å². The van der Waals surface area contributed by atoms with Crippen LogP contribution in [0.15, 0.2) is 30.7 Å². The van der Waals surface area contributed by atoms with Crippen molar-refractivity contribution in [1.29, 1.82) is 0 Å². The van der Waals surface area contributed by atoms with E-state index < -0.39 is 0 Å². The van der Waals surface area contributed by atoms with E-state index in [1.54, 1.807) is 29.3 Å². The van der Waals surface area contributed by atoms with Crippen LogP contribution in [0.5, 0.6) is 0 Å². The summed E-state index contributed by atoms with van der Waals surface area (Å²) in [5, 5.41) is 4.01. The molecule has 66 valence electrons. The van der Waals surface area contributed by atoms with E-state index in [0.717, 1.165) is 5.69 Å². The molecule has 0 unspecified atom stereocenters. The summed E-state index contributed by atoms with van der Waals surface area (Å²) in [4.78, 5) is 8.26. The van der Waals surface area contributed by atoms with Crippen LogP contribution in [0.2, 0.25) is 0 Å². The van der Waals surface area contributed by atoms with Crippen LogP contribution in [0.3, 0.4) is 0 Å². The molecule has 0 fully saturated rings. The minimum Gasteiger partial charge on any atom is -0.325 e. The lowest BCUT2D eigenvalue weighted by Gasteiger charge is -2.00. The van der Waals surface area contributed by atoms with Gasteiger partial charge in [-0.25, -0.2) is 14.6 Å². The molecule has 5 nitrogen and oxygen atoms in total. The Morgan fingerprint density at radius 2 is 2.31 bits per heavy atom. The first-order chi connectivity index (χ1) is 6.40. The molecular formula is C8H9N5. The molecule has 5 heteroatoms. The molecule has 0 bridgehead atoms. The van der Waals surface area contributed by atoms with Crippen molar-refractivity contribution in [2.75, 3.05) is 0 Å². The Labute approximate surface area is 75.2 Å². The lowest BCUT2D eigenvalue weighted by atomic mass is 10.4. The van der Waals surface area contributed by atoms with Crippen LogP contribution in [0.1, 0.15) is 5.69 Å². The number of nitrogens with zero attached hydrogens (tertiary/aromatic N) is 4. The molecule has 2 rings (SSSR count). The Morgan fingerprint density at radius 3 is 3.00 bits per heavy atom. The minimum absolute atomic E-state index is 0.413. The Morgan fingerprint density at radius 1 is 1.38 bits per heavy atom. The molecule has 0 aromatic carbocycles. The summed E-state index contributed by atoms with van der Waals surface area (Å²) in [5.41, 5.74) is 6.26. The maximum Gasteiger partial charge on any atom is 0.250 e. The van der Waals surface area contributed by atoms with Crippen molar-refractivity contribution in [2.24, 2.45) is 5.73 Å². The Hall–Kier alpha value is -1.75. The molecule has 2 N–H and O–H groups in total. The second-order valence-corrected chi connectivity index (χ2v) is 2.50. The molecule has 0 radical (unpaired) electrons. The average molecular weight is 175 g/mol. The lowest BCUT2D eigenvalue weighted by Crippen LogP contribution is -2.06. The van der Waals surface area contributed by atoms with E-state index in [1.165, 1.54) is 0 Å². The number of aromatic nitrogens is 4. The van der Waals surface area contributed by atoms with Gasteiger partial charge in [0.05, 0.1) is 5.69 Å². The van der Waals surface area contributed by atoms with Crippen molar-refractivity contribution in [3.05, 3.63) is 36.4 Å². The number of hydrogen-bond donors (Lipinski definition) is 1. The van der Waals surface area contributed by atoms with Gasteiger partial charge in [0, 0.05) is 25.1 Å². The van der Waals surface area contributed by atoms with Crippen LogP contribution < -0.4 is 5.73 Å². The van der Waals surface area contributed by atoms with Crippen LogP contribution in [0.25, 0.3) is 5.95 Å². The molecule has 0 aliphatic carbocycles. The second kappa shape index (κ2) is 3.32. The molecule has 0 saturated carbocycles. The van der Waals surface area contributed by atoms with E-state index in [4.69, 9.17) is 5.73 Å². The highest BCUT2D eigenvalue weighted by atomic mass is 15.3. The largest absolute Gasteiger partial charge is 0.325 e. The third-order valence-corrected chi connectivity index (χ3v) is 1.62. The summed E-state index contributed by atoms with van der Waals surface area (Å²) < 4.78 is 1.60. The van der Waals surface area contributed by atoms with Crippen molar-refractivity contribution < 1.29 is 0 Å². The first kappa shape index (κ1) is 7.88. The molecule has 13 heavy (non-hydrogen) atoms. The first-order valence-electron chi connectivity index (χ1n) is 3.92. The molecule has 2 heterocycles. The van der Waals surface area contributed by atoms with Crippen molar-refractivity contribution >= 4 is 0 Å². The van der Waals surface area contributed by atoms with Crippen molar-refractivity contribution in [3.63, 3.8) is 0 Å². The Balaban J connectivity index is 2.41. The van der Waals surface area contributed by atoms with Gasteiger partial charge in [-0.15, -0.1) is 0 Å². The first-order valence-corrected chi connectivity index (χ1v) is 3.92. The molecule has 0 atom stereocenters. The summed E-state index contributed by atoms with van der Waals surface area (Å²) in [7, 11) is 0. The normalized spacial score (nSPS) is 10.2. The molecule has 0 aliphatic heterocycles. The highest BCUT2D eigenvalue weighted by Gasteiger charge is 1.99. The van der Waals surface area contributed by atoms with Crippen molar-refractivity contribution in [1.82, 2.24) is 19.7 Å². The molecule has 2 aromatic rings. The van der Waals surface area contributed by atoms with Gasteiger partial charge in [-0.05, 0) is 12.1 Å². The van der Waals surface area contributed by atoms with Crippen LogP contribution in [-0.4, -0.2) is 19.7 Å². The molecule has 0 aliphatic rings. The predicted molar refractivity (Wildman–Crippen MR) is 47.0 cm³/mol. The van der Waals surface area contributed by atoms with Crippen LogP contribution in [-0.2, 0) is 6.54 Å². The van der Waals surface area contributed by atoms with Gasteiger partial charge >= 0.3 is 0 Å². The SMILES string of the molecule is NCc1ccnc(-n2cccn2)n1. The van der Waals surface area contributed by atoms with Gasteiger partial charge in [0.25, 0.3) is 5.95 Å². The summed E-state index contributed by atoms with van der Waals surface area (Å²) in [6, 6.07) is 3.60. The topological polar surface area (TPSA) is 69.6 Å². The van der Waals surface area contributed by atoms with E-state index in [2.05, 4.69) is 15.1 Å². The Kier molecular flexibility index (Phi) is 2.01. The summed E-state index contributed by atoms with van der Waals surface area (Å²) in [6.45, 7) is 0.413. The van der Waals surface area contributed by atoms with Crippen LogP contribution in [0, 0.1) is 0 Å². The minimum atomic E-state index is 0.413.